The highest BCUT2D eigenvalue weighted by atomic mass is 32.2. The second-order valence-corrected chi connectivity index (χ2v) is 7.27. The Morgan fingerprint density at radius 1 is 0.880 bits per heavy atom. The molecule has 0 aliphatic rings. The van der Waals surface area contributed by atoms with E-state index in [0.717, 1.165) is 11.4 Å². The van der Waals surface area contributed by atoms with Gasteiger partial charge in [0.1, 0.15) is 0 Å². The van der Waals surface area contributed by atoms with Gasteiger partial charge < -0.3 is 10.6 Å². The van der Waals surface area contributed by atoms with E-state index in [4.69, 9.17) is 5.73 Å². The van der Waals surface area contributed by atoms with E-state index in [-0.39, 0.29) is 4.90 Å². The van der Waals surface area contributed by atoms with Crippen molar-refractivity contribution >= 4 is 32.8 Å². The zero-order chi connectivity index (χ0) is 17.9. The van der Waals surface area contributed by atoms with Crippen LogP contribution < -0.4 is 15.4 Å². The number of nitrogen functional groups attached to an aromatic ring is 1. The monoisotopic (exact) mass is 353 g/mol. The topological polar surface area (TPSA) is 75.4 Å². The molecule has 5 nitrogen and oxygen atoms in total. The fraction of sp³-hybridized carbons (Fsp3) is 0.0526. The molecule has 6 heteroatoms. The molecule has 0 radical (unpaired) electrons. The molecule has 0 atom stereocenters. The lowest BCUT2D eigenvalue weighted by atomic mass is 10.2. The number of nitrogens with one attached hydrogen (secondary N) is 1. The van der Waals surface area contributed by atoms with Crippen LogP contribution in [-0.4, -0.2) is 15.5 Å². The van der Waals surface area contributed by atoms with E-state index in [9.17, 15) is 8.42 Å². The minimum atomic E-state index is -3.69. The van der Waals surface area contributed by atoms with Crippen molar-refractivity contribution in [1.82, 2.24) is 0 Å². The number of benzene rings is 3. The van der Waals surface area contributed by atoms with Crippen LogP contribution in [-0.2, 0) is 10.0 Å². The summed E-state index contributed by atoms with van der Waals surface area (Å²) >= 11 is 0. The zero-order valence-corrected chi connectivity index (χ0v) is 14.6. The summed E-state index contributed by atoms with van der Waals surface area (Å²) in [7, 11) is -1.81. The molecule has 0 heterocycles. The summed E-state index contributed by atoms with van der Waals surface area (Å²) in [6, 6.07) is 23.2. The lowest BCUT2D eigenvalue weighted by Crippen LogP contribution is -2.15. The Kier molecular flexibility index (Phi) is 4.63. The van der Waals surface area contributed by atoms with Crippen LogP contribution in [0.2, 0.25) is 0 Å². The third-order valence-electron chi connectivity index (χ3n) is 3.84. The number of nitrogens with two attached hydrogens (primary N) is 1. The summed E-state index contributed by atoms with van der Waals surface area (Å²) < 4.78 is 27.6. The molecule has 0 saturated heterocycles. The average Bonchev–Trinajstić information content (AvgIpc) is 2.62. The van der Waals surface area contributed by atoms with Gasteiger partial charge in [0.15, 0.2) is 0 Å². The van der Waals surface area contributed by atoms with Crippen molar-refractivity contribution in [2.75, 3.05) is 22.4 Å². The highest BCUT2D eigenvalue weighted by Crippen LogP contribution is 2.31. The number of nitrogens with zero attached hydrogens (tertiary/aromatic N) is 1. The standard InChI is InChI=1S/C19H19N3O2S/c1-22(16-10-6-3-7-11-16)19-13-12-17(14-18(19)20)25(23,24)21-15-8-4-2-5-9-15/h2-14,21H,20H2,1H3. The van der Waals surface area contributed by atoms with Crippen LogP contribution in [0.1, 0.15) is 0 Å². The van der Waals surface area contributed by atoms with Crippen LogP contribution in [0.15, 0.2) is 83.8 Å². The summed E-state index contributed by atoms with van der Waals surface area (Å²) in [4.78, 5) is 2.04. The molecule has 0 amide bonds. The van der Waals surface area contributed by atoms with Crippen molar-refractivity contribution in [3.05, 3.63) is 78.9 Å². The number of anilines is 4. The van der Waals surface area contributed by atoms with Gasteiger partial charge in [-0.05, 0) is 42.5 Å². The molecule has 128 valence electrons. The Morgan fingerprint density at radius 3 is 2.08 bits per heavy atom. The van der Waals surface area contributed by atoms with Gasteiger partial charge in [0.25, 0.3) is 10.0 Å². The Balaban J connectivity index is 1.89. The van der Waals surface area contributed by atoms with Gasteiger partial charge in [0.05, 0.1) is 16.3 Å². The smallest absolute Gasteiger partial charge is 0.261 e. The van der Waals surface area contributed by atoms with Crippen LogP contribution in [0.5, 0.6) is 0 Å². The second kappa shape index (κ2) is 6.86. The predicted molar refractivity (Wildman–Crippen MR) is 103 cm³/mol. The minimum Gasteiger partial charge on any atom is -0.397 e. The molecular weight excluding hydrogens is 334 g/mol. The van der Waals surface area contributed by atoms with Gasteiger partial charge in [-0.15, -0.1) is 0 Å². The molecule has 3 rings (SSSR count). The van der Waals surface area contributed by atoms with Crippen molar-refractivity contribution in [2.45, 2.75) is 4.90 Å². The molecule has 0 spiro atoms. The maximum Gasteiger partial charge on any atom is 0.261 e. The van der Waals surface area contributed by atoms with E-state index in [1.807, 2.05) is 48.3 Å². The quantitative estimate of drug-likeness (QED) is 0.684. The summed E-state index contributed by atoms with van der Waals surface area (Å²) in [5.74, 6) is 0. The fourth-order valence-electron chi connectivity index (χ4n) is 2.52. The first kappa shape index (κ1) is 16.9. The maximum atomic E-state index is 12.5. The van der Waals surface area contributed by atoms with Gasteiger partial charge >= 0.3 is 0 Å². The molecule has 0 aliphatic heterocycles. The van der Waals surface area contributed by atoms with Crippen LogP contribution in [0.25, 0.3) is 0 Å². The first-order valence-electron chi connectivity index (χ1n) is 7.73. The molecule has 0 bridgehead atoms. The Morgan fingerprint density at radius 2 is 1.48 bits per heavy atom. The SMILES string of the molecule is CN(c1ccccc1)c1ccc(S(=O)(=O)Nc2ccccc2)cc1N. The largest absolute Gasteiger partial charge is 0.397 e. The van der Waals surface area contributed by atoms with Crippen LogP contribution in [0, 0.1) is 0 Å². The maximum absolute atomic E-state index is 12.5. The second-order valence-electron chi connectivity index (χ2n) is 5.59. The molecule has 0 fully saturated rings. The molecule has 25 heavy (non-hydrogen) atoms. The predicted octanol–water partition coefficient (Wildman–Crippen LogP) is 3.84. The number of hydrogen-bond donors (Lipinski definition) is 2. The number of hydrogen-bond acceptors (Lipinski definition) is 4. The van der Waals surface area contributed by atoms with E-state index in [0.29, 0.717) is 11.4 Å². The van der Waals surface area contributed by atoms with Crippen molar-refractivity contribution in [3.8, 4) is 0 Å². The third-order valence-corrected chi connectivity index (χ3v) is 5.22. The summed E-state index contributed by atoms with van der Waals surface area (Å²) in [6.45, 7) is 0. The van der Waals surface area contributed by atoms with Crippen LogP contribution in [0.3, 0.4) is 0 Å². The molecule has 0 saturated carbocycles. The molecule has 3 N–H and O–H groups in total. The normalized spacial score (nSPS) is 11.1. The Hall–Kier alpha value is -2.99. The first-order chi connectivity index (χ1) is 12.0. The van der Waals surface area contributed by atoms with E-state index in [1.54, 1.807) is 36.4 Å². The van der Waals surface area contributed by atoms with Gasteiger partial charge in [-0.3, -0.25) is 4.72 Å². The highest BCUT2D eigenvalue weighted by molar-refractivity contribution is 7.92. The van der Waals surface area contributed by atoms with E-state index in [1.165, 1.54) is 6.07 Å². The number of sulfonamides is 1. The van der Waals surface area contributed by atoms with Gasteiger partial charge in [0.2, 0.25) is 0 Å². The van der Waals surface area contributed by atoms with Crippen molar-refractivity contribution < 1.29 is 8.42 Å². The third kappa shape index (κ3) is 3.75. The average molecular weight is 353 g/mol. The van der Waals surface area contributed by atoms with Crippen molar-refractivity contribution in [1.29, 1.82) is 0 Å². The number of para-hydroxylation sites is 2. The zero-order valence-electron chi connectivity index (χ0n) is 13.8. The van der Waals surface area contributed by atoms with E-state index < -0.39 is 10.0 Å². The molecule has 0 aliphatic carbocycles. The highest BCUT2D eigenvalue weighted by Gasteiger charge is 2.17. The van der Waals surface area contributed by atoms with Gasteiger partial charge in [-0.2, -0.15) is 0 Å². The lowest BCUT2D eigenvalue weighted by molar-refractivity contribution is 0.601. The fourth-order valence-corrected chi connectivity index (χ4v) is 3.61. The lowest BCUT2D eigenvalue weighted by Gasteiger charge is -2.21. The minimum absolute atomic E-state index is 0.124. The molecule has 3 aromatic carbocycles. The molecule has 0 aromatic heterocycles. The summed E-state index contributed by atoms with van der Waals surface area (Å²) in [5, 5.41) is 0. The van der Waals surface area contributed by atoms with Crippen LogP contribution >= 0.6 is 0 Å². The molecule has 3 aromatic rings. The van der Waals surface area contributed by atoms with Crippen molar-refractivity contribution in [2.24, 2.45) is 0 Å². The Bertz CT molecular complexity index is 958. The van der Waals surface area contributed by atoms with Crippen molar-refractivity contribution in [3.63, 3.8) is 0 Å². The van der Waals surface area contributed by atoms with E-state index in [2.05, 4.69) is 4.72 Å². The summed E-state index contributed by atoms with van der Waals surface area (Å²) in [6.07, 6.45) is 0. The van der Waals surface area contributed by atoms with Crippen LogP contribution in [0.4, 0.5) is 22.7 Å². The Labute approximate surface area is 147 Å². The number of rotatable bonds is 5. The summed E-state index contributed by atoms with van der Waals surface area (Å²) in [5.41, 5.74) is 8.72. The molecule has 0 unspecified atom stereocenters. The first-order valence-corrected chi connectivity index (χ1v) is 9.22. The van der Waals surface area contributed by atoms with E-state index >= 15 is 0 Å². The van der Waals surface area contributed by atoms with Gasteiger partial charge in [0, 0.05) is 18.4 Å². The van der Waals surface area contributed by atoms with Gasteiger partial charge in [-0.1, -0.05) is 36.4 Å². The molecular formula is C19H19N3O2S. The van der Waals surface area contributed by atoms with Gasteiger partial charge in [-0.25, -0.2) is 8.42 Å².